The maximum absolute atomic E-state index is 13.9. The molecule has 0 aromatic heterocycles. The monoisotopic (exact) mass is 570 g/mol. The van der Waals surface area contributed by atoms with Crippen LogP contribution in [0.25, 0.3) is 0 Å². The second-order valence-electron chi connectivity index (χ2n) is 8.40. The zero-order valence-electron chi connectivity index (χ0n) is 19.1. The van der Waals surface area contributed by atoms with Crippen molar-refractivity contribution in [3.05, 3.63) is 29.6 Å². The molecule has 0 saturated carbocycles. The van der Waals surface area contributed by atoms with Gasteiger partial charge in [-0.2, -0.15) is 0 Å². The third-order valence-electron chi connectivity index (χ3n) is 5.18. The van der Waals surface area contributed by atoms with Crippen LogP contribution in [-0.4, -0.2) is 81.1 Å². The summed E-state index contributed by atoms with van der Waals surface area (Å²) in [7, 11) is -1.73. The van der Waals surface area contributed by atoms with Crippen LogP contribution in [0.1, 0.15) is 33.3 Å². The van der Waals surface area contributed by atoms with E-state index in [4.69, 9.17) is 4.74 Å². The molecule has 0 bridgehead atoms. The summed E-state index contributed by atoms with van der Waals surface area (Å²) in [6.45, 7) is 12.0. The highest BCUT2D eigenvalue weighted by Gasteiger charge is 2.28. The molecular weight excluding hydrogens is 534 g/mol. The number of nitrogens with one attached hydrogen (secondary N) is 1. The first kappa shape index (κ1) is 27.9. The number of sulfone groups is 1. The lowest BCUT2D eigenvalue weighted by atomic mass is 10.2. The third-order valence-corrected chi connectivity index (χ3v) is 7.77. The molecule has 0 aliphatic carbocycles. The van der Waals surface area contributed by atoms with Crippen molar-refractivity contribution in [2.75, 3.05) is 52.1 Å². The molecule has 0 atom stereocenters. The van der Waals surface area contributed by atoms with Crippen molar-refractivity contribution in [2.24, 2.45) is 4.99 Å². The third kappa shape index (κ3) is 8.05. The Morgan fingerprint density at radius 2 is 1.87 bits per heavy atom. The SMILES string of the molecule is CCNC(=NCCS(=O)(=O)C(C)(C)C)N1CCN(Cc2ccc(OC)c(F)c2)CC1.I. The summed E-state index contributed by atoms with van der Waals surface area (Å²) in [5.74, 6) is 0.690. The van der Waals surface area contributed by atoms with Crippen molar-refractivity contribution in [3.63, 3.8) is 0 Å². The van der Waals surface area contributed by atoms with Crippen LogP contribution in [0, 0.1) is 5.82 Å². The van der Waals surface area contributed by atoms with Crippen molar-refractivity contribution in [1.29, 1.82) is 0 Å². The number of hydrogen-bond donors (Lipinski definition) is 1. The predicted molar refractivity (Wildman–Crippen MR) is 135 cm³/mol. The van der Waals surface area contributed by atoms with E-state index in [0.29, 0.717) is 6.54 Å². The molecule has 0 spiro atoms. The number of aliphatic imine (C=N–C) groups is 1. The number of guanidine groups is 1. The minimum atomic E-state index is -3.19. The van der Waals surface area contributed by atoms with E-state index in [0.717, 1.165) is 44.2 Å². The molecule has 2 rings (SSSR count). The molecule has 1 aliphatic heterocycles. The van der Waals surface area contributed by atoms with Crippen molar-refractivity contribution >= 4 is 39.8 Å². The summed E-state index contributed by atoms with van der Waals surface area (Å²) in [6, 6.07) is 5.06. The maximum atomic E-state index is 13.9. The highest BCUT2D eigenvalue weighted by atomic mass is 127. The molecule has 1 aromatic rings. The van der Waals surface area contributed by atoms with Crippen LogP contribution in [0.5, 0.6) is 5.75 Å². The van der Waals surface area contributed by atoms with E-state index in [1.165, 1.54) is 13.2 Å². The molecule has 1 saturated heterocycles. The molecule has 1 aromatic carbocycles. The zero-order chi connectivity index (χ0) is 22.4. The van der Waals surface area contributed by atoms with Crippen LogP contribution in [0.15, 0.2) is 23.2 Å². The van der Waals surface area contributed by atoms with Gasteiger partial charge in [-0.25, -0.2) is 12.8 Å². The number of ether oxygens (including phenoxy) is 1. The Labute approximate surface area is 203 Å². The first-order chi connectivity index (χ1) is 14.1. The van der Waals surface area contributed by atoms with Gasteiger partial charge >= 0.3 is 0 Å². The first-order valence-electron chi connectivity index (χ1n) is 10.4. The van der Waals surface area contributed by atoms with E-state index in [9.17, 15) is 12.8 Å². The molecule has 7 nitrogen and oxygen atoms in total. The lowest BCUT2D eigenvalue weighted by Gasteiger charge is -2.36. The molecule has 10 heteroatoms. The summed E-state index contributed by atoms with van der Waals surface area (Å²) in [5, 5.41) is 3.26. The molecule has 31 heavy (non-hydrogen) atoms. The van der Waals surface area contributed by atoms with E-state index in [1.807, 2.05) is 13.0 Å². The Morgan fingerprint density at radius 3 is 2.39 bits per heavy atom. The lowest BCUT2D eigenvalue weighted by molar-refractivity contribution is 0.172. The first-order valence-corrected chi connectivity index (χ1v) is 12.0. The Kier molecular flexibility index (Phi) is 11.0. The van der Waals surface area contributed by atoms with Gasteiger partial charge in [0.15, 0.2) is 27.4 Å². The minimum Gasteiger partial charge on any atom is -0.494 e. The fourth-order valence-electron chi connectivity index (χ4n) is 3.19. The fraction of sp³-hybridized carbons (Fsp3) is 0.667. The van der Waals surface area contributed by atoms with Crippen LogP contribution >= 0.6 is 24.0 Å². The Balaban J connectivity index is 0.00000480. The average molecular weight is 571 g/mol. The topological polar surface area (TPSA) is 74.2 Å². The van der Waals surface area contributed by atoms with Gasteiger partial charge in [0.2, 0.25) is 0 Å². The number of rotatable bonds is 7. The van der Waals surface area contributed by atoms with E-state index >= 15 is 0 Å². The number of benzene rings is 1. The van der Waals surface area contributed by atoms with Crippen LogP contribution in [0.2, 0.25) is 0 Å². The number of methoxy groups -OCH3 is 1. The van der Waals surface area contributed by atoms with Gasteiger partial charge in [-0.3, -0.25) is 9.89 Å². The van der Waals surface area contributed by atoms with Crippen LogP contribution in [0.4, 0.5) is 4.39 Å². The van der Waals surface area contributed by atoms with Gasteiger partial charge in [0.25, 0.3) is 0 Å². The van der Waals surface area contributed by atoms with Gasteiger partial charge < -0.3 is 15.0 Å². The van der Waals surface area contributed by atoms with Gasteiger partial charge in [-0.15, -0.1) is 24.0 Å². The molecule has 1 N–H and O–H groups in total. The van der Waals surface area contributed by atoms with Crippen LogP contribution in [-0.2, 0) is 16.4 Å². The van der Waals surface area contributed by atoms with Gasteiger partial charge in [0, 0.05) is 39.3 Å². The van der Waals surface area contributed by atoms with Crippen molar-refractivity contribution in [1.82, 2.24) is 15.1 Å². The van der Waals surface area contributed by atoms with Gasteiger partial charge in [-0.05, 0) is 45.4 Å². The molecular formula is C21H36FIN4O3S. The lowest BCUT2D eigenvalue weighted by Crippen LogP contribution is -2.52. The normalized spacial score (nSPS) is 16.1. The largest absolute Gasteiger partial charge is 0.494 e. The number of piperazine rings is 1. The Bertz CT molecular complexity index is 836. The molecule has 178 valence electrons. The molecule has 1 aliphatic rings. The summed E-state index contributed by atoms with van der Waals surface area (Å²) >= 11 is 0. The summed E-state index contributed by atoms with van der Waals surface area (Å²) < 4.78 is 42.7. The summed E-state index contributed by atoms with van der Waals surface area (Å²) in [5.41, 5.74) is 0.912. The number of nitrogens with zero attached hydrogens (tertiary/aromatic N) is 3. The van der Waals surface area contributed by atoms with Crippen LogP contribution in [0.3, 0.4) is 0 Å². The Morgan fingerprint density at radius 1 is 1.23 bits per heavy atom. The zero-order valence-corrected chi connectivity index (χ0v) is 22.3. The number of hydrogen-bond acceptors (Lipinski definition) is 5. The second-order valence-corrected chi connectivity index (χ2v) is 11.3. The maximum Gasteiger partial charge on any atom is 0.194 e. The number of halogens is 2. The molecule has 0 amide bonds. The fourth-order valence-corrected chi connectivity index (χ4v) is 4.13. The van der Waals surface area contributed by atoms with Crippen molar-refractivity contribution in [2.45, 2.75) is 39.0 Å². The van der Waals surface area contributed by atoms with E-state index in [1.54, 1.807) is 26.8 Å². The van der Waals surface area contributed by atoms with Gasteiger partial charge in [-0.1, -0.05) is 6.07 Å². The summed E-state index contributed by atoms with van der Waals surface area (Å²) in [4.78, 5) is 8.97. The van der Waals surface area contributed by atoms with E-state index in [2.05, 4.69) is 20.1 Å². The minimum absolute atomic E-state index is 0. The molecule has 0 radical (unpaired) electrons. The highest BCUT2D eigenvalue weighted by Crippen LogP contribution is 2.19. The highest BCUT2D eigenvalue weighted by molar-refractivity contribution is 14.0. The Hall–Kier alpha value is -1.14. The van der Waals surface area contributed by atoms with Gasteiger partial charge in [0.05, 0.1) is 24.2 Å². The quantitative estimate of drug-likeness (QED) is 0.309. The predicted octanol–water partition coefficient (Wildman–Crippen LogP) is 2.75. The van der Waals surface area contributed by atoms with Crippen molar-refractivity contribution < 1.29 is 17.5 Å². The van der Waals surface area contributed by atoms with Gasteiger partial charge in [0.1, 0.15) is 0 Å². The van der Waals surface area contributed by atoms with E-state index in [-0.39, 0.29) is 47.8 Å². The van der Waals surface area contributed by atoms with E-state index < -0.39 is 14.6 Å². The standard InChI is InChI=1S/C21H35FN4O3S.HI/c1-6-23-20(24-9-14-30(27,28)21(2,3)4)26-12-10-25(11-13-26)16-17-7-8-19(29-5)18(22)15-17;/h7-8,15H,6,9-14,16H2,1-5H3,(H,23,24);1H. The second kappa shape index (κ2) is 12.2. The van der Waals surface area contributed by atoms with Crippen molar-refractivity contribution in [3.8, 4) is 5.75 Å². The average Bonchev–Trinajstić information content (AvgIpc) is 2.67. The molecule has 1 fully saturated rings. The molecule has 1 heterocycles. The summed E-state index contributed by atoms with van der Waals surface area (Å²) in [6.07, 6.45) is 0. The van der Waals surface area contributed by atoms with Crippen LogP contribution < -0.4 is 10.1 Å². The smallest absolute Gasteiger partial charge is 0.194 e. The molecule has 0 unspecified atom stereocenters.